The molecule has 0 spiro atoms. The Morgan fingerprint density at radius 1 is 1.27 bits per heavy atom. The highest BCUT2D eigenvalue weighted by molar-refractivity contribution is 5.43. The van der Waals surface area contributed by atoms with Gasteiger partial charge in [-0.15, -0.1) is 0 Å². The van der Waals surface area contributed by atoms with Gasteiger partial charge in [0.1, 0.15) is 12.2 Å². The zero-order valence-corrected chi connectivity index (χ0v) is 6.65. The van der Waals surface area contributed by atoms with Crippen molar-refractivity contribution in [2.45, 2.75) is 6.92 Å². The minimum atomic E-state index is 0.873. The smallest absolute Gasteiger partial charge is 0.0618 e. The van der Waals surface area contributed by atoms with Crippen LogP contribution in [0.5, 0.6) is 0 Å². The number of nitrogens with zero attached hydrogens (tertiary/aromatic N) is 3. The molecule has 0 heterocycles. The molecule has 0 bridgehead atoms. The number of aryl methyl sites for hydroxylation is 1. The van der Waals surface area contributed by atoms with Crippen molar-refractivity contribution in [3.8, 4) is 0 Å². The van der Waals surface area contributed by atoms with Crippen molar-refractivity contribution < 1.29 is 0 Å². The second-order valence-electron chi connectivity index (χ2n) is 2.18. The first-order valence-electron chi connectivity index (χ1n) is 3.40. The predicted molar refractivity (Wildman–Crippen MR) is 43.8 cm³/mol. The molecule has 0 radical (unpaired) electrons. The second-order valence-corrected chi connectivity index (χ2v) is 2.18. The van der Waals surface area contributed by atoms with Crippen LogP contribution in [0.2, 0.25) is 0 Å². The van der Waals surface area contributed by atoms with Crippen LogP contribution in [0, 0.1) is 6.92 Å². The van der Waals surface area contributed by atoms with Gasteiger partial charge in [-0.05, 0) is 18.6 Å². The standard InChI is InChI=1S/C8H10N3/c1-7-5-3-4-6-8(7)10-11-9-2/h3-6H,1-2H3/q+1. The van der Waals surface area contributed by atoms with Gasteiger partial charge in [-0.25, -0.2) is 0 Å². The first-order chi connectivity index (χ1) is 5.34. The molecule has 0 amide bonds. The van der Waals surface area contributed by atoms with Crippen LogP contribution < -0.4 is 4.91 Å². The van der Waals surface area contributed by atoms with E-state index in [1.165, 1.54) is 0 Å². The van der Waals surface area contributed by atoms with Crippen molar-refractivity contribution in [1.29, 1.82) is 0 Å². The molecule has 0 atom stereocenters. The fourth-order valence-corrected chi connectivity index (χ4v) is 0.769. The Bertz CT molecular complexity index is 298. The predicted octanol–water partition coefficient (Wildman–Crippen LogP) is 2.23. The summed E-state index contributed by atoms with van der Waals surface area (Å²) in [5.74, 6) is 0. The quantitative estimate of drug-likeness (QED) is 0.432. The molecule has 3 heteroatoms. The molecule has 0 aliphatic rings. The third kappa shape index (κ3) is 1.99. The lowest BCUT2D eigenvalue weighted by atomic mass is 10.2. The Morgan fingerprint density at radius 2 is 2.00 bits per heavy atom. The Kier molecular flexibility index (Phi) is 2.53. The molecule has 1 aromatic carbocycles. The normalized spacial score (nSPS) is 8.55. The first kappa shape index (κ1) is 7.63. The lowest BCUT2D eigenvalue weighted by Gasteiger charge is -1.88. The molecule has 0 N–H and O–H groups in total. The maximum atomic E-state index is 3.88. The van der Waals surface area contributed by atoms with Gasteiger partial charge < -0.3 is 0 Å². The van der Waals surface area contributed by atoms with E-state index in [1.807, 2.05) is 31.2 Å². The fourth-order valence-electron chi connectivity index (χ4n) is 0.769. The van der Waals surface area contributed by atoms with Gasteiger partial charge in [0.2, 0.25) is 4.91 Å². The van der Waals surface area contributed by atoms with E-state index in [0.717, 1.165) is 11.3 Å². The summed E-state index contributed by atoms with van der Waals surface area (Å²) in [6.45, 7) is 1.99. The van der Waals surface area contributed by atoms with Gasteiger partial charge in [0.15, 0.2) is 10.8 Å². The Morgan fingerprint density at radius 3 is 2.64 bits per heavy atom. The van der Waals surface area contributed by atoms with Crippen LogP contribution in [-0.2, 0) is 0 Å². The van der Waals surface area contributed by atoms with E-state index < -0.39 is 0 Å². The van der Waals surface area contributed by atoms with Crippen LogP contribution >= 0.6 is 0 Å². The lowest BCUT2D eigenvalue weighted by molar-refractivity contribution is 1.02. The summed E-state index contributed by atoms with van der Waals surface area (Å²) < 4.78 is 0. The van der Waals surface area contributed by atoms with Gasteiger partial charge in [0.25, 0.3) is 0 Å². The third-order valence-electron chi connectivity index (χ3n) is 1.36. The molecule has 1 aromatic rings. The molecule has 0 aromatic heterocycles. The van der Waals surface area contributed by atoms with E-state index in [0.29, 0.717) is 0 Å². The average Bonchev–Trinajstić information content (AvgIpc) is 2.03. The molecule has 0 aliphatic heterocycles. The Hall–Kier alpha value is -1.47. The summed E-state index contributed by atoms with van der Waals surface area (Å²) in [4.78, 5) is 3.55. The van der Waals surface area contributed by atoms with E-state index in [4.69, 9.17) is 0 Å². The van der Waals surface area contributed by atoms with Crippen molar-refractivity contribution in [1.82, 2.24) is 4.91 Å². The van der Waals surface area contributed by atoms with E-state index in [1.54, 1.807) is 7.05 Å². The maximum absolute atomic E-state index is 3.88. The lowest BCUT2D eigenvalue weighted by Crippen LogP contribution is -1.72. The van der Waals surface area contributed by atoms with Crippen molar-refractivity contribution in [2.75, 3.05) is 7.05 Å². The summed E-state index contributed by atoms with van der Waals surface area (Å²) in [5.41, 5.74) is 1.98. The second kappa shape index (κ2) is 3.64. The number of rotatable bonds is 1. The number of benzene rings is 1. The van der Waals surface area contributed by atoms with Gasteiger partial charge in [-0.2, -0.15) is 0 Å². The highest BCUT2D eigenvalue weighted by Gasteiger charge is 1.97. The van der Waals surface area contributed by atoms with Crippen LogP contribution in [0.3, 0.4) is 0 Å². The SMILES string of the molecule is CN=[N+]=Nc1ccccc1C. The minimum absolute atomic E-state index is 0.873. The minimum Gasteiger partial charge on any atom is -0.0618 e. The first-order valence-corrected chi connectivity index (χ1v) is 3.40. The molecular weight excluding hydrogens is 138 g/mol. The topological polar surface area (TPSA) is 38.8 Å². The summed E-state index contributed by atoms with van der Waals surface area (Å²) >= 11 is 0. The van der Waals surface area contributed by atoms with E-state index in [2.05, 4.69) is 15.1 Å². The third-order valence-corrected chi connectivity index (χ3v) is 1.36. The van der Waals surface area contributed by atoms with Crippen LogP contribution in [-0.4, -0.2) is 7.05 Å². The molecule has 0 aliphatic carbocycles. The van der Waals surface area contributed by atoms with Crippen LogP contribution in [0.25, 0.3) is 0 Å². The fraction of sp³-hybridized carbons (Fsp3) is 0.250. The molecule has 0 fully saturated rings. The van der Waals surface area contributed by atoms with Gasteiger partial charge >= 0.3 is 0 Å². The van der Waals surface area contributed by atoms with Crippen molar-refractivity contribution in [2.24, 2.45) is 10.2 Å². The summed E-state index contributed by atoms with van der Waals surface area (Å²) in [5, 5.41) is 7.41. The maximum Gasteiger partial charge on any atom is 0.222 e. The summed E-state index contributed by atoms with van der Waals surface area (Å²) in [6.07, 6.45) is 0. The van der Waals surface area contributed by atoms with Crippen LogP contribution in [0.1, 0.15) is 5.56 Å². The van der Waals surface area contributed by atoms with Crippen molar-refractivity contribution >= 4 is 5.69 Å². The molecule has 11 heavy (non-hydrogen) atoms. The van der Waals surface area contributed by atoms with Crippen LogP contribution in [0.4, 0.5) is 5.69 Å². The summed E-state index contributed by atoms with van der Waals surface area (Å²) in [6, 6.07) is 7.79. The highest BCUT2D eigenvalue weighted by Crippen LogP contribution is 2.15. The molecular formula is C8H10N3+. The molecule has 0 saturated carbocycles. The molecule has 3 nitrogen and oxygen atoms in total. The van der Waals surface area contributed by atoms with E-state index >= 15 is 0 Å². The Labute approximate surface area is 65.5 Å². The zero-order valence-electron chi connectivity index (χ0n) is 6.65. The van der Waals surface area contributed by atoms with Gasteiger partial charge in [0.05, 0.1) is 0 Å². The van der Waals surface area contributed by atoms with E-state index in [-0.39, 0.29) is 0 Å². The monoisotopic (exact) mass is 148 g/mol. The van der Waals surface area contributed by atoms with E-state index in [9.17, 15) is 0 Å². The summed E-state index contributed by atoms with van der Waals surface area (Å²) in [7, 11) is 1.60. The molecule has 0 saturated heterocycles. The largest absolute Gasteiger partial charge is 0.222 e. The van der Waals surface area contributed by atoms with Crippen molar-refractivity contribution in [3.05, 3.63) is 29.8 Å². The molecule has 1 rings (SSSR count). The van der Waals surface area contributed by atoms with Gasteiger partial charge in [-0.3, -0.25) is 0 Å². The van der Waals surface area contributed by atoms with Gasteiger partial charge in [0, 0.05) is 0 Å². The number of hydrogen-bond acceptors (Lipinski definition) is 2. The van der Waals surface area contributed by atoms with Crippen molar-refractivity contribution in [3.63, 3.8) is 0 Å². The zero-order chi connectivity index (χ0) is 8.10. The number of hydrogen-bond donors (Lipinski definition) is 0. The van der Waals surface area contributed by atoms with Gasteiger partial charge in [-0.1, -0.05) is 18.2 Å². The average molecular weight is 148 g/mol. The molecule has 0 unspecified atom stereocenters. The highest BCUT2D eigenvalue weighted by atomic mass is 15.2. The van der Waals surface area contributed by atoms with Crippen LogP contribution in [0.15, 0.2) is 34.5 Å². The molecule has 56 valence electrons. The Balaban J connectivity index is 3.04.